The minimum absolute atomic E-state index is 0.0113. The number of benzene rings is 2. The van der Waals surface area contributed by atoms with Gasteiger partial charge in [0.05, 0.1) is 12.0 Å². The molecule has 2 amide bonds. The first-order valence-corrected chi connectivity index (χ1v) is 8.92. The van der Waals surface area contributed by atoms with Crippen LogP contribution in [-0.4, -0.2) is 23.1 Å². The predicted octanol–water partition coefficient (Wildman–Crippen LogP) is 3.98. The molecular formula is C20H23FN2O3. The van der Waals surface area contributed by atoms with Gasteiger partial charge in [-0.2, -0.15) is 0 Å². The summed E-state index contributed by atoms with van der Waals surface area (Å²) in [7, 11) is 0. The molecule has 0 bridgehead atoms. The number of halogens is 1. The van der Waals surface area contributed by atoms with Crippen LogP contribution in [0.1, 0.15) is 44.2 Å². The molecule has 2 aromatic carbocycles. The lowest BCUT2D eigenvalue weighted by molar-refractivity contribution is -0.142. The van der Waals surface area contributed by atoms with Crippen molar-refractivity contribution >= 4 is 22.8 Å². The van der Waals surface area contributed by atoms with E-state index in [1.165, 1.54) is 6.07 Å². The van der Waals surface area contributed by atoms with E-state index < -0.39 is 5.97 Å². The summed E-state index contributed by atoms with van der Waals surface area (Å²) in [5.74, 6) is -1.35. The lowest BCUT2D eigenvalue weighted by Crippen LogP contribution is -2.44. The zero-order valence-corrected chi connectivity index (χ0v) is 14.7. The normalized spacial score (nSPS) is 21.2. The number of hydrogen-bond donors (Lipinski definition) is 3. The molecule has 138 valence electrons. The Bertz CT molecular complexity index is 816. The maximum atomic E-state index is 13.9. The number of aliphatic carboxylic acids is 1. The molecule has 1 unspecified atom stereocenters. The van der Waals surface area contributed by atoms with Gasteiger partial charge in [-0.1, -0.05) is 30.3 Å². The van der Waals surface area contributed by atoms with Gasteiger partial charge in [-0.05, 0) is 49.6 Å². The second-order valence-electron chi connectivity index (χ2n) is 6.91. The molecule has 0 aromatic heterocycles. The van der Waals surface area contributed by atoms with Crippen molar-refractivity contribution in [2.45, 2.75) is 44.7 Å². The highest BCUT2D eigenvalue weighted by atomic mass is 19.1. The summed E-state index contributed by atoms with van der Waals surface area (Å²) in [6, 6.07) is 9.73. The number of amides is 2. The van der Waals surface area contributed by atoms with Gasteiger partial charge in [0.25, 0.3) is 0 Å². The molecule has 0 saturated heterocycles. The summed E-state index contributed by atoms with van der Waals surface area (Å²) < 4.78 is 13.9. The van der Waals surface area contributed by atoms with Gasteiger partial charge in [0.15, 0.2) is 0 Å². The largest absolute Gasteiger partial charge is 0.481 e. The van der Waals surface area contributed by atoms with E-state index in [2.05, 4.69) is 10.6 Å². The van der Waals surface area contributed by atoms with E-state index in [1.54, 1.807) is 18.2 Å². The Hall–Kier alpha value is -2.63. The van der Waals surface area contributed by atoms with Crippen molar-refractivity contribution in [3.05, 3.63) is 47.8 Å². The molecule has 26 heavy (non-hydrogen) atoms. The van der Waals surface area contributed by atoms with Crippen molar-refractivity contribution in [3.63, 3.8) is 0 Å². The number of carbonyl (C=O) groups excluding carboxylic acids is 1. The Morgan fingerprint density at radius 3 is 2.38 bits per heavy atom. The summed E-state index contributed by atoms with van der Waals surface area (Å²) in [5, 5.41) is 16.2. The van der Waals surface area contributed by atoms with Gasteiger partial charge < -0.3 is 15.7 Å². The lowest BCUT2D eigenvalue weighted by Gasteiger charge is -2.27. The van der Waals surface area contributed by atoms with E-state index in [0.29, 0.717) is 31.1 Å². The summed E-state index contributed by atoms with van der Waals surface area (Å²) in [6.45, 7) is 1.86. The smallest absolute Gasteiger partial charge is 0.315 e. The van der Waals surface area contributed by atoms with Gasteiger partial charge in [-0.25, -0.2) is 9.18 Å². The molecule has 0 radical (unpaired) electrons. The van der Waals surface area contributed by atoms with Crippen LogP contribution in [0.15, 0.2) is 36.4 Å². The number of urea groups is 1. The molecular weight excluding hydrogens is 335 g/mol. The topological polar surface area (TPSA) is 78.4 Å². The summed E-state index contributed by atoms with van der Waals surface area (Å²) in [6.07, 6.45) is 2.49. The van der Waals surface area contributed by atoms with Crippen LogP contribution in [0.4, 0.5) is 9.18 Å². The van der Waals surface area contributed by atoms with Gasteiger partial charge in [0.1, 0.15) is 5.82 Å². The molecule has 5 nitrogen and oxygen atoms in total. The van der Waals surface area contributed by atoms with Crippen LogP contribution in [0, 0.1) is 11.7 Å². The first-order valence-electron chi connectivity index (χ1n) is 8.92. The monoisotopic (exact) mass is 358 g/mol. The standard InChI is InChI=1S/C20H23FN2O3/c1-12(15-10-11-18(21)17-5-3-2-4-16(15)17)22-20(26)23-14-8-6-13(7-9-14)19(24)25/h2-5,10-14H,6-9H2,1H3,(H,24,25)(H2,22,23,26). The van der Waals surface area contributed by atoms with Crippen LogP contribution in [0.25, 0.3) is 10.8 Å². The van der Waals surface area contributed by atoms with Crippen LogP contribution in [-0.2, 0) is 4.79 Å². The number of hydrogen-bond acceptors (Lipinski definition) is 2. The van der Waals surface area contributed by atoms with Crippen molar-refractivity contribution in [1.29, 1.82) is 0 Å². The van der Waals surface area contributed by atoms with Crippen molar-refractivity contribution in [3.8, 4) is 0 Å². The zero-order chi connectivity index (χ0) is 18.7. The summed E-state index contributed by atoms with van der Waals surface area (Å²) >= 11 is 0. The highest BCUT2D eigenvalue weighted by Gasteiger charge is 2.27. The summed E-state index contributed by atoms with van der Waals surface area (Å²) in [5.41, 5.74) is 0.853. The maximum absolute atomic E-state index is 13.9. The third-order valence-electron chi connectivity index (χ3n) is 5.13. The van der Waals surface area contributed by atoms with Crippen molar-refractivity contribution in [1.82, 2.24) is 10.6 Å². The number of carboxylic acids is 1. The molecule has 6 heteroatoms. The second kappa shape index (κ2) is 7.72. The van der Waals surface area contributed by atoms with Gasteiger partial charge in [-0.3, -0.25) is 4.79 Å². The first-order chi connectivity index (χ1) is 12.5. The van der Waals surface area contributed by atoms with Gasteiger partial charge in [0, 0.05) is 11.4 Å². The molecule has 3 rings (SSSR count). The maximum Gasteiger partial charge on any atom is 0.315 e. The fraction of sp³-hybridized carbons (Fsp3) is 0.400. The quantitative estimate of drug-likeness (QED) is 0.773. The van der Waals surface area contributed by atoms with Crippen LogP contribution >= 0.6 is 0 Å². The second-order valence-corrected chi connectivity index (χ2v) is 6.91. The molecule has 1 fully saturated rings. The number of fused-ring (bicyclic) bond motifs is 1. The fourth-order valence-electron chi connectivity index (χ4n) is 3.65. The third kappa shape index (κ3) is 3.95. The lowest BCUT2D eigenvalue weighted by atomic mass is 9.86. The van der Waals surface area contributed by atoms with E-state index in [0.717, 1.165) is 10.9 Å². The van der Waals surface area contributed by atoms with E-state index in [9.17, 15) is 14.0 Å². The van der Waals surface area contributed by atoms with Gasteiger partial charge in [-0.15, -0.1) is 0 Å². The minimum Gasteiger partial charge on any atom is -0.481 e. The highest BCUT2D eigenvalue weighted by molar-refractivity contribution is 5.87. The van der Waals surface area contributed by atoms with Crippen LogP contribution in [0.3, 0.4) is 0 Å². The molecule has 0 heterocycles. The number of carboxylic acid groups (broad SMARTS) is 1. The molecule has 1 aliphatic carbocycles. The van der Waals surface area contributed by atoms with Gasteiger partial charge in [0.2, 0.25) is 0 Å². The predicted molar refractivity (Wildman–Crippen MR) is 97.4 cm³/mol. The van der Waals surface area contributed by atoms with E-state index in [-0.39, 0.29) is 29.8 Å². The molecule has 1 atom stereocenters. The van der Waals surface area contributed by atoms with Crippen LogP contribution in [0.5, 0.6) is 0 Å². The Morgan fingerprint density at radius 2 is 1.73 bits per heavy atom. The van der Waals surface area contributed by atoms with E-state index >= 15 is 0 Å². The van der Waals surface area contributed by atoms with Gasteiger partial charge >= 0.3 is 12.0 Å². The molecule has 3 N–H and O–H groups in total. The Labute approximate surface area is 151 Å². The fourth-order valence-corrected chi connectivity index (χ4v) is 3.65. The summed E-state index contributed by atoms with van der Waals surface area (Å²) in [4.78, 5) is 23.3. The molecule has 2 aromatic rings. The number of rotatable bonds is 4. The Kier molecular flexibility index (Phi) is 5.40. The van der Waals surface area contributed by atoms with E-state index in [1.807, 2.05) is 19.1 Å². The average Bonchev–Trinajstić information content (AvgIpc) is 2.62. The molecule has 0 aliphatic heterocycles. The molecule has 1 saturated carbocycles. The van der Waals surface area contributed by atoms with Crippen LogP contribution in [0.2, 0.25) is 0 Å². The Balaban J connectivity index is 1.62. The zero-order valence-electron chi connectivity index (χ0n) is 14.7. The minimum atomic E-state index is -0.760. The first kappa shape index (κ1) is 18.2. The van der Waals surface area contributed by atoms with Crippen molar-refractivity contribution in [2.75, 3.05) is 0 Å². The number of nitrogens with one attached hydrogen (secondary N) is 2. The SMILES string of the molecule is CC(NC(=O)NC1CCC(C(=O)O)CC1)c1ccc(F)c2ccccc12. The molecule has 0 spiro atoms. The average molecular weight is 358 g/mol. The van der Waals surface area contributed by atoms with Crippen molar-refractivity contribution < 1.29 is 19.1 Å². The highest BCUT2D eigenvalue weighted by Crippen LogP contribution is 2.27. The Morgan fingerprint density at radius 1 is 1.08 bits per heavy atom. The van der Waals surface area contributed by atoms with Crippen molar-refractivity contribution in [2.24, 2.45) is 5.92 Å². The molecule has 1 aliphatic rings. The third-order valence-corrected chi connectivity index (χ3v) is 5.13. The number of carbonyl (C=O) groups is 2. The van der Waals surface area contributed by atoms with E-state index in [4.69, 9.17) is 5.11 Å². The van der Waals surface area contributed by atoms with Crippen LogP contribution < -0.4 is 10.6 Å².